The highest BCUT2D eigenvalue weighted by Gasteiger charge is 2.28. The lowest BCUT2D eigenvalue weighted by Gasteiger charge is -2.31. The largest absolute Gasteiger partial charge is 0.352 e. The van der Waals surface area contributed by atoms with Crippen molar-refractivity contribution in [1.82, 2.24) is 10.2 Å². The zero-order valence-corrected chi connectivity index (χ0v) is 22.6. The molecule has 0 bridgehead atoms. The van der Waals surface area contributed by atoms with Crippen molar-refractivity contribution in [1.29, 1.82) is 0 Å². The Labute approximate surface area is 220 Å². The van der Waals surface area contributed by atoms with E-state index in [0.717, 1.165) is 37.5 Å². The lowest BCUT2D eigenvalue weighted by Crippen LogP contribution is -2.51. The monoisotopic (exact) mass is 531 g/mol. The van der Waals surface area contributed by atoms with Gasteiger partial charge in [0, 0.05) is 25.6 Å². The molecule has 2 amide bonds. The fourth-order valence-electron chi connectivity index (χ4n) is 4.75. The zero-order valence-electron chi connectivity index (χ0n) is 21.7. The predicted molar refractivity (Wildman–Crippen MR) is 144 cm³/mol. The van der Waals surface area contributed by atoms with Crippen LogP contribution in [-0.4, -0.2) is 56.6 Å². The highest BCUT2D eigenvalue weighted by atomic mass is 32.2. The van der Waals surface area contributed by atoms with Gasteiger partial charge >= 0.3 is 0 Å². The standard InChI is InChI=1S/C28H38FN3O4S/c1-22(28(34)30-25-12-7-4-8-13-25)31(21-19-23-10-5-3-6-11-23)27(33)14-9-20-32(37(2,35)36)26-17-15-24(29)16-18-26/h3,5-6,10-11,15-18,22,25H,4,7-9,12-14,19-21H2,1-2H3,(H,30,34)/t22-/m1/s1. The number of halogens is 1. The van der Waals surface area contributed by atoms with E-state index in [4.69, 9.17) is 0 Å². The second kappa shape index (κ2) is 13.6. The Kier molecular flexibility index (Phi) is 10.5. The number of benzene rings is 2. The summed E-state index contributed by atoms with van der Waals surface area (Å²) in [6.45, 7) is 2.21. The van der Waals surface area contributed by atoms with Gasteiger partial charge in [-0.1, -0.05) is 49.6 Å². The van der Waals surface area contributed by atoms with E-state index >= 15 is 0 Å². The Bertz CT molecular complexity index is 1120. The molecule has 1 aliphatic carbocycles. The molecule has 37 heavy (non-hydrogen) atoms. The van der Waals surface area contributed by atoms with Gasteiger partial charge in [-0.25, -0.2) is 12.8 Å². The molecule has 0 unspecified atom stereocenters. The van der Waals surface area contributed by atoms with Gasteiger partial charge in [-0.2, -0.15) is 0 Å². The third kappa shape index (κ3) is 8.84. The van der Waals surface area contributed by atoms with Crippen LogP contribution < -0.4 is 9.62 Å². The van der Waals surface area contributed by atoms with Gasteiger partial charge in [0.2, 0.25) is 21.8 Å². The minimum absolute atomic E-state index is 0.0748. The van der Waals surface area contributed by atoms with E-state index in [-0.39, 0.29) is 37.2 Å². The first-order valence-corrected chi connectivity index (χ1v) is 14.9. The third-order valence-corrected chi connectivity index (χ3v) is 8.06. The second-order valence-corrected chi connectivity index (χ2v) is 11.7. The summed E-state index contributed by atoms with van der Waals surface area (Å²) in [6.07, 6.45) is 7.35. The molecule has 9 heteroatoms. The van der Waals surface area contributed by atoms with Crippen LogP contribution in [0.15, 0.2) is 54.6 Å². The summed E-state index contributed by atoms with van der Waals surface area (Å²) in [5.74, 6) is -0.811. The van der Waals surface area contributed by atoms with E-state index in [2.05, 4.69) is 5.32 Å². The van der Waals surface area contributed by atoms with E-state index in [9.17, 15) is 22.4 Å². The maximum Gasteiger partial charge on any atom is 0.242 e. The molecule has 0 radical (unpaired) electrons. The average Bonchev–Trinajstić information content (AvgIpc) is 2.88. The molecule has 2 aromatic carbocycles. The first kappa shape index (κ1) is 28.6. The first-order valence-electron chi connectivity index (χ1n) is 13.0. The van der Waals surface area contributed by atoms with Gasteiger partial charge in [0.1, 0.15) is 11.9 Å². The lowest BCUT2D eigenvalue weighted by molar-refractivity contribution is -0.140. The van der Waals surface area contributed by atoms with Crippen LogP contribution in [0.25, 0.3) is 0 Å². The first-order chi connectivity index (χ1) is 17.6. The zero-order chi connectivity index (χ0) is 26.8. The van der Waals surface area contributed by atoms with E-state index in [1.165, 1.54) is 35.0 Å². The summed E-state index contributed by atoms with van der Waals surface area (Å²) in [4.78, 5) is 28.0. The second-order valence-electron chi connectivity index (χ2n) is 9.76. The molecule has 1 fully saturated rings. The van der Waals surface area contributed by atoms with Crippen LogP contribution in [0.1, 0.15) is 57.4 Å². The summed E-state index contributed by atoms with van der Waals surface area (Å²) in [5.41, 5.74) is 1.41. The maximum atomic E-state index is 13.3. The average molecular weight is 532 g/mol. The Hall–Kier alpha value is -2.94. The van der Waals surface area contributed by atoms with Gasteiger partial charge in [0.05, 0.1) is 11.9 Å². The van der Waals surface area contributed by atoms with Crippen LogP contribution in [0, 0.1) is 5.82 Å². The third-order valence-electron chi connectivity index (χ3n) is 6.87. The summed E-state index contributed by atoms with van der Waals surface area (Å²) in [7, 11) is -3.62. The SMILES string of the molecule is C[C@H](C(=O)NC1CCCCC1)N(CCc1ccccc1)C(=O)CCCN(c1ccc(F)cc1)S(C)(=O)=O. The number of hydrogen-bond donors (Lipinski definition) is 1. The van der Waals surface area contributed by atoms with Gasteiger partial charge < -0.3 is 10.2 Å². The van der Waals surface area contributed by atoms with E-state index in [1.807, 2.05) is 30.3 Å². The summed E-state index contributed by atoms with van der Waals surface area (Å²) in [5, 5.41) is 3.12. The van der Waals surface area contributed by atoms with Crippen molar-refractivity contribution in [2.45, 2.75) is 70.4 Å². The maximum absolute atomic E-state index is 13.3. The number of carbonyl (C=O) groups excluding carboxylic acids is 2. The van der Waals surface area contributed by atoms with Gasteiger partial charge in [0.15, 0.2) is 0 Å². The molecule has 0 saturated heterocycles. The molecular formula is C28H38FN3O4S. The number of anilines is 1. The number of nitrogens with zero attached hydrogens (tertiary/aromatic N) is 2. The molecule has 2 aromatic rings. The molecule has 1 saturated carbocycles. The molecule has 7 nitrogen and oxygen atoms in total. The van der Waals surface area contributed by atoms with Crippen LogP contribution in [0.2, 0.25) is 0 Å². The van der Waals surface area contributed by atoms with Crippen LogP contribution >= 0.6 is 0 Å². The van der Waals surface area contributed by atoms with Crippen molar-refractivity contribution in [2.75, 3.05) is 23.7 Å². The van der Waals surface area contributed by atoms with Crippen molar-refractivity contribution in [3.05, 3.63) is 66.0 Å². The number of hydrogen-bond acceptors (Lipinski definition) is 4. The van der Waals surface area contributed by atoms with Gasteiger partial charge in [-0.15, -0.1) is 0 Å². The van der Waals surface area contributed by atoms with E-state index < -0.39 is 21.9 Å². The predicted octanol–water partition coefficient (Wildman–Crippen LogP) is 4.28. The lowest BCUT2D eigenvalue weighted by atomic mass is 9.95. The Morgan fingerprint density at radius 2 is 1.65 bits per heavy atom. The summed E-state index contributed by atoms with van der Waals surface area (Å²) in [6, 6.07) is 14.5. The molecule has 0 heterocycles. The molecule has 0 aromatic heterocycles. The van der Waals surface area contributed by atoms with Gasteiger partial charge in [0.25, 0.3) is 0 Å². The molecule has 0 spiro atoms. The van der Waals surface area contributed by atoms with Crippen LogP contribution in [-0.2, 0) is 26.0 Å². The number of carbonyl (C=O) groups is 2. The Morgan fingerprint density at radius 3 is 2.27 bits per heavy atom. The number of rotatable bonds is 12. The molecule has 3 rings (SSSR count). The minimum Gasteiger partial charge on any atom is -0.352 e. The Balaban J connectivity index is 1.66. The van der Waals surface area contributed by atoms with Crippen molar-refractivity contribution in [3.8, 4) is 0 Å². The number of sulfonamides is 1. The van der Waals surface area contributed by atoms with Crippen molar-refractivity contribution < 1.29 is 22.4 Å². The molecule has 1 aliphatic rings. The van der Waals surface area contributed by atoms with Gasteiger partial charge in [-0.3, -0.25) is 13.9 Å². The van der Waals surface area contributed by atoms with Crippen molar-refractivity contribution in [3.63, 3.8) is 0 Å². The van der Waals surface area contributed by atoms with Crippen LogP contribution in [0.3, 0.4) is 0 Å². The molecular weight excluding hydrogens is 493 g/mol. The van der Waals surface area contributed by atoms with Crippen molar-refractivity contribution in [2.24, 2.45) is 0 Å². The van der Waals surface area contributed by atoms with Gasteiger partial charge in [-0.05, 0) is 62.4 Å². The Morgan fingerprint density at radius 1 is 1.00 bits per heavy atom. The quantitative estimate of drug-likeness (QED) is 0.443. The molecule has 0 aliphatic heterocycles. The van der Waals surface area contributed by atoms with E-state index in [1.54, 1.807) is 11.8 Å². The minimum atomic E-state index is -3.62. The van der Waals surface area contributed by atoms with Crippen LogP contribution in [0.5, 0.6) is 0 Å². The number of nitrogens with one attached hydrogen (secondary N) is 1. The molecule has 202 valence electrons. The van der Waals surface area contributed by atoms with E-state index in [0.29, 0.717) is 18.7 Å². The summed E-state index contributed by atoms with van der Waals surface area (Å²) >= 11 is 0. The summed E-state index contributed by atoms with van der Waals surface area (Å²) < 4.78 is 39.2. The topological polar surface area (TPSA) is 86.8 Å². The fourth-order valence-corrected chi connectivity index (χ4v) is 5.72. The normalized spacial score (nSPS) is 15.1. The van der Waals surface area contributed by atoms with Crippen LogP contribution in [0.4, 0.5) is 10.1 Å². The smallest absolute Gasteiger partial charge is 0.242 e. The molecule has 1 atom stereocenters. The number of amides is 2. The highest BCUT2D eigenvalue weighted by molar-refractivity contribution is 7.92. The molecule has 1 N–H and O–H groups in total. The fraction of sp³-hybridized carbons (Fsp3) is 0.500. The van der Waals surface area contributed by atoms with Crippen molar-refractivity contribution >= 4 is 27.5 Å². The highest BCUT2D eigenvalue weighted by Crippen LogP contribution is 2.20.